The van der Waals surface area contributed by atoms with Crippen LogP contribution in [0.4, 0.5) is 5.95 Å². The standard InChI is InChI=1S/C9H9ClN4S/c10-7-3-1-2-6(4-7)5-15-9-12-8(11)13-14-9/h1-4H,5H2,(H3,11,12,13,14). The summed E-state index contributed by atoms with van der Waals surface area (Å²) < 4.78 is 0. The number of rotatable bonds is 3. The number of nitrogens with zero attached hydrogens (tertiary/aromatic N) is 2. The Hall–Kier alpha value is -1.20. The molecular formula is C9H9ClN4S. The van der Waals surface area contributed by atoms with Crippen LogP contribution in [-0.2, 0) is 5.75 Å². The molecule has 2 rings (SSSR count). The van der Waals surface area contributed by atoms with Gasteiger partial charge in [-0.1, -0.05) is 35.5 Å². The van der Waals surface area contributed by atoms with E-state index in [4.69, 9.17) is 17.3 Å². The molecule has 0 fully saturated rings. The van der Waals surface area contributed by atoms with Crippen molar-refractivity contribution in [1.82, 2.24) is 15.2 Å². The maximum absolute atomic E-state index is 5.86. The zero-order chi connectivity index (χ0) is 10.7. The number of anilines is 1. The largest absolute Gasteiger partial charge is 0.368 e. The van der Waals surface area contributed by atoms with Crippen LogP contribution in [0.15, 0.2) is 29.4 Å². The second kappa shape index (κ2) is 4.55. The van der Waals surface area contributed by atoms with E-state index in [0.29, 0.717) is 11.1 Å². The monoisotopic (exact) mass is 240 g/mol. The number of hydrogen-bond acceptors (Lipinski definition) is 4. The fourth-order valence-electron chi connectivity index (χ4n) is 1.10. The molecule has 1 aromatic carbocycles. The first-order valence-electron chi connectivity index (χ1n) is 4.29. The lowest BCUT2D eigenvalue weighted by Crippen LogP contribution is -1.85. The lowest BCUT2D eigenvalue weighted by Gasteiger charge is -1.98. The molecule has 3 N–H and O–H groups in total. The third-order valence-electron chi connectivity index (χ3n) is 1.74. The number of benzene rings is 1. The van der Waals surface area contributed by atoms with Crippen LogP contribution in [0.2, 0.25) is 5.02 Å². The minimum absolute atomic E-state index is 0.337. The maximum atomic E-state index is 5.86. The summed E-state index contributed by atoms with van der Waals surface area (Å²) in [6.07, 6.45) is 0. The van der Waals surface area contributed by atoms with Gasteiger partial charge in [-0.2, -0.15) is 4.98 Å². The van der Waals surface area contributed by atoms with Gasteiger partial charge in [-0.25, -0.2) is 5.10 Å². The van der Waals surface area contributed by atoms with Crippen molar-refractivity contribution in [2.75, 3.05) is 5.73 Å². The summed E-state index contributed by atoms with van der Waals surface area (Å²) in [5, 5.41) is 7.89. The normalized spacial score (nSPS) is 10.5. The Morgan fingerprint density at radius 1 is 1.47 bits per heavy atom. The summed E-state index contributed by atoms with van der Waals surface area (Å²) >= 11 is 7.37. The maximum Gasteiger partial charge on any atom is 0.216 e. The summed E-state index contributed by atoms with van der Waals surface area (Å²) in [4.78, 5) is 3.99. The van der Waals surface area contributed by atoms with Gasteiger partial charge in [0.15, 0.2) is 0 Å². The smallest absolute Gasteiger partial charge is 0.216 e. The molecule has 0 saturated heterocycles. The molecule has 2 aromatic rings. The minimum Gasteiger partial charge on any atom is -0.368 e. The Balaban J connectivity index is 1.99. The zero-order valence-electron chi connectivity index (χ0n) is 7.77. The van der Waals surface area contributed by atoms with E-state index < -0.39 is 0 Å². The van der Waals surface area contributed by atoms with E-state index in [1.807, 2.05) is 24.3 Å². The highest BCUT2D eigenvalue weighted by atomic mass is 35.5. The Bertz CT molecular complexity index is 457. The van der Waals surface area contributed by atoms with Crippen LogP contribution >= 0.6 is 23.4 Å². The SMILES string of the molecule is Nc1nc(SCc2cccc(Cl)c2)n[nH]1. The predicted molar refractivity (Wildman–Crippen MR) is 61.8 cm³/mol. The zero-order valence-corrected chi connectivity index (χ0v) is 9.35. The van der Waals surface area contributed by atoms with Crippen molar-refractivity contribution < 1.29 is 0 Å². The summed E-state index contributed by atoms with van der Waals surface area (Å²) in [6, 6.07) is 7.70. The van der Waals surface area contributed by atoms with Crippen LogP contribution in [-0.4, -0.2) is 15.2 Å². The van der Waals surface area contributed by atoms with Crippen molar-refractivity contribution in [1.29, 1.82) is 0 Å². The average molecular weight is 241 g/mol. The number of halogens is 1. The molecule has 0 bridgehead atoms. The van der Waals surface area contributed by atoms with Crippen LogP contribution < -0.4 is 5.73 Å². The van der Waals surface area contributed by atoms with Crippen molar-refractivity contribution in [3.63, 3.8) is 0 Å². The Morgan fingerprint density at radius 2 is 2.33 bits per heavy atom. The second-order valence-electron chi connectivity index (χ2n) is 2.92. The molecule has 0 spiro atoms. The summed E-state index contributed by atoms with van der Waals surface area (Å²) in [7, 11) is 0. The quantitative estimate of drug-likeness (QED) is 0.808. The molecule has 6 heteroatoms. The molecule has 0 radical (unpaired) electrons. The topological polar surface area (TPSA) is 67.6 Å². The first-order chi connectivity index (χ1) is 7.24. The van der Waals surface area contributed by atoms with Crippen molar-refractivity contribution in [2.45, 2.75) is 10.9 Å². The molecule has 1 aromatic heterocycles. The van der Waals surface area contributed by atoms with Gasteiger partial charge in [0.05, 0.1) is 0 Å². The van der Waals surface area contributed by atoms with Crippen molar-refractivity contribution in [3.05, 3.63) is 34.9 Å². The predicted octanol–water partition coefficient (Wildman–Crippen LogP) is 2.33. The fourth-order valence-corrected chi connectivity index (χ4v) is 2.06. The van der Waals surface area contributed by atoms with E-state index in [1.54, 1.807) is 0 Å². The van der Waals surface area contributed by atoms with E-state index in [2.05, 4.69) is 15.2 Å². The lowest BCUT2D eigenvalue weighted by molar-refractivity contribution is 0.973. The van der Waals surface area contributed by atoms with Gasteiger partial charge in [0, 0.05) is 10.8 Å². The highest BCUT2D eigenvalue weighted by Crippen LogP contribution is 2.21. The van der Waals surface area contributed by atoms with E-state index in [-0.39, 0.29) is 0 Å². The second-order valence-corrected chi connectivity index (χ2v) is 4.30. The van der Waals surface area contributed by atoms with Crippen LogP contribution in [0.25, 0.3) is 0 Å². The third-order valence-corrected chi connectivity index (χ3v) is 2.89. The number of aromatic amines is 1. The highest BCUT2D eigenvalue weighted by Gasteiger charge is 2.01. The molecule has 1 heterocycles. The number of hydrogen-bond donors (Lipinski definition) is 2. The molecule has 0 amide bonds. The van der Waals surface area contributed by atoms with Crippen molar-refractivity contribution in [2.24, 2.45) is 0 Å². The van der Waals surface area contributed by atoms with Gasteiger partial charge in [0.1, 0.15) is 0 Å². The number of nitrogens with two attached hydrogens (primary N) is 1. The van der Waals surface area contributed by atoms with Gasteiger partial charge in [-0.15, -0.1) is 5.10 Å². The molecule has 15 heavy (non-hydrogen) atoms. The first-order valence-corrected chi connectivity index (χ1v) is 5.65. The Kier molecular flexibility index (Phi) is 3.13. The van der Waals surface area contributed by atoms with E-state index in [9.17, 15) is 0 Å². The molecule has 4 nitrogen and oxygen atoms in total. The van der Waals surface area contributed by atoms with Crippen molar-refractivity contribution >= 4 is 29.3 Å². The van der Waals surface area contributed by atoms with Gasteiger partial charge in [-0.3, -0.25) is 0 Å². The van der Waals surface area contributed by atoms with Crippen LogP contribution in [0.1, 0.15) is 5.56 Å². The summed E-state index contributed by atoms with van der Waals surface area (Å²) in [5.74, 6) is 1.11. The lowest BCUT2D eigenvalue weighted by atomic mass is 10.2. The number of thioether (sulfide) groups is 1. The van der Waals surface area contributed by atoms with E-state index >= 15 is 0 Å². The minimum atomic E-state index is 0.337. The molecule has 0 aliphatic heterocycles. The Morgan fingerprint density at radius 3 is 3.00 bits per heavy atom. The molecule has 0 atom stereocenters. The fraction of sp³-hybridized carbons (Fsp3) is 0.111. The summed E-state index contributed by atoms with van der Waals surface area (Å²) in [6.45, 7) is 0. The van der Waals surface area contributed by atoms with Gasteiger partial charge in [0.2, 0.25) is 11.1 Å². The summed E-state index contributed by atoms with van der Waals surface area (Å²) in [5.41, 5.74) is 6.54. The molecule has 0 aliphatic rings. The number of H-pyrrole nitrogens is 1. The molecule has 0 aliphatic carbocycles. The molecular weight excluding hydrogens is 232 g/mol. The molecule has 0 unspecified atom stereocenters. The van der Waals surface area contributed by atoms with Crippen LogP contribution in [0.5, 0.6) is 0 Å². The van der Waals surface area contributed by atoms with E-state index in [1.165, 1.54) is 11.8 Å². The molecule has 78 valence electrons. The van der Waals surface area contributed by atoms with E-state index in [0.717, 1.165) is 16.3 Å². The number of nitrogens with one attached hydrogen (secondary N) is 1. The van der Waals surface area contributed by atoms with Gasteiger partial charge < -0.3 is 5.73 Å². The van der Waals surface area contributed by atoms with Gasteiger partial charge >= 0.3 is 0 Å². The van der Waals surface area contributed by atoms with Crippen LogP contribution in [0, 0.1) is 0 Å². The van der Waals surface area contributed by atoms with Gasteiger partial charge in [0.25, 0.3) is 0 Å². The average Bonchev–Trinajstić information content (AvgIpc) is 2.62. The molecule has 0 saturated carbocycles. The number of aromatic nitrogens is 3. The number of nitrogen functional groups attached to an aromatic ring is 1. The highest BCUT2D eigenvalue weighted by molar-refractivity contribution is 7.98. The third kappa shape index (κ3) is 2.87. The van der Waals surface area contributed by atoms with Gasteiger partial charge in [-0.05, 0) is 17.7 Å². The first kappa shape index (κ1) is 10.3. The Labute approximate surface area is 96.2 Å². The van der Waals surface area contributed by atoms with Crippen LogP contribution in [0.3, 0.4) is 0 Å². The van der Waals surface area contributed by atoms with Crippen molar-refractivity contribution in [3.8, 4) is 0 Å².